The van der Waals surface area contributed by atoms with E-state index >= 15 is 0 Å². The smallest absolute Gasteiger partial charge is 0.300 e. The zero-order valence-electron chi connectivity index (χ0n) is 20.9. The van der Waals surface area contributed by atoms with Gasteiger partial charge in [-0.25, -0.2) is 0 Å². The SMILES string of the molecule is COc1ccc(N2C(=O)C(=O)/C(=C(\O)c3ccc4c(c3)CCO4)C2c2ccc(C(C)(C)C)cc2)cc1. The second-order valence-electron chi connectivity index (χ2n) is 10.2. The second-order valence-corrected chi connectivity index (χ2v) is 10.2. The van der Waals surface area contributed by atoms with E-state index in [9.17, 15) is 14.7 Å². The highest BCUT2D eigenvalue weighted by molar-refractivity contribution is 6.51. The van der Waals surface area contributed by atoms with Gasteiger partial charge < -0.3 is 14.6 Å². The molecule has 6 nitrogen and oxygen atoms in total. The van der Waals surface area contributed by atoms with Gasteiger partial charge in [0.15, 0.2) is 0 Å². The van der Waals surface area contributed by atoms with Crippen LogP contribution in [0.25, 0.3) is 5.76 Å². The van der Waals surface area contributed by atoms with Gasteiger partial charge in [-0.05, 0) is 64.6 Å². The van der Waals surface area contributed by atoms with Crippen LogP contribution in [0.4, 0.5) is 5.69 Å². The van der Waals surface area contributed by atoms with Gasteiger partial charge in [0.05, 0.1) is 25.3 Å². The zero-order valence-corrected chi connectivity index (χ0v) is 20.9. The molecule has 0 radical (unpaired) electrons. The number of hydrogen-bond acceptors (Lipinski definition) is 5. The highest BCUT2D eigenvalue weighted by Crippen LogP contribution is 2.43. The highest BCUT2D eigenvalue weighted by Gasteiger charge is 2.47. The first-order chi connectivity index (χ1) is 17.2. The van der Waals surface area contributed by atoms with Crippen molar-refractivity contribution in [1.82, 2.24) is 0 Å². The number of ether oxygens (including phenoxy) is 2. The Morgan fingerprint density at radius 1 is 1.00 bits per heavy atom. The van der Waals surface area contributed by atoms with Gasteiger partial charge in [-0.15, -0.1) is 0 Å². The summed E-state index contributed by atoms with van der Waals surface area (Å²) in [6.07, 6.45) is 0.730. The minimum atomic E-state index is -0.781. The zero-order chi connectivity index (χ0) is 25.6. The number of carbonyl (C=O) groups is 2. The number of hydrogen-bond donors (Lipinski definition) is 1. The number of Topliss-reactive ketones (excluding diaryl/α,β-unsaturated/α-hetero) is 1. The molecule has 3 aromatic rings. The molecule has 0 bridgehead atoms. The first-order valence-electron chi connectivity index (χ1n) is 12.0. The second kappa shape index (κ2) is 8.86. The third kappa shape index (κ3) is 4.02. The summed E-state index contributed by atoms with van der Waals surface area (Å²) in [4.78, 5) is 28.2. The average molecular weight is 484 g/mol. The van der Waals surface area contributed by atoms with E-state index in [1.807, 2.05) is 30.3 Å². The number of amides is 1. The number of anilines is 1. The first-order valence-corrected chi connectivity index (χ1v) is 12.0. The molecule has 1 saturated heterocycles. The monoisotopic (exact) mass is 483 g/mol. The number of methoxy groups -OCH3 is 1. The lowest BCUT2D eigenvalue weighted by molar-refractivity contribution is -0.132. The lowest BCUT2D eigenvalue weighted by Gasteiger charge is -2.26. The average Bonchev–Trinajstić information content (AvgIpc) is 3.45. The molecule has 2 aliphatic heterocycles. The molecule has 2 aliphatic rings. The molecule has 2 heterocycles. The summed E-state index contributed by atoms with van der Waals surface area (Å²) in [5.41, 5.74) is 3.89. The summed E-state index contributed by atoms with van der Waals surface area (Å²) in [7, 11) is 1.57. The molecule has 184 valence electrons. The van der Waals surface area contributed by atoms with Crippen molar-refractivity contribution in [2.24, 2.45) is 0 Å². The van der Waals surface area contributed by atoms with Gasteiger partial charge in [0, 0.05) is 17.7 Å². The number of fused-ring (bicyclic) bond motifs is 1. The summed E-state index contributed by atoms with van der Waals surface area (Å²) in [6, 6.07) is 19.4. The molecule has 1 atom stereocenters. The minimum absolute atomic E-state index is 0.0528. The number of carbonyl (C=O) groups excluding carboxylic acids is 2. The molecule has 3 aromatic carbocycles. The number of aliphatic hydroxyl groups excluding tert-OH is 1. The molecule has 1 unspecified atom stereocenters. The Morgan fingerprint density at radius 3 is 2.33 bits per heavy atom. The molecule has 1 N–H and O–H groups in total. The van der Waals surface area contributed by atoms with Gasteiger partial charge in [0.25, 0.3) is 11.7 Å². The maximum Gasteiger partial charge on any atom is 0.300 e. The van der Waals surface area contributed by atoms with E-state index in [2.05, 4.69) is 20.8 Å². The summed E-state index contributed by atoms with van der Waals surface area (Å²) in [5.74, 6) is -0.175. The van der Waals surface area contributed by atoms with Crippen LogP contribution in [-0.2, 0) is 21.4 Å². The third-order valence-electron chi connectivity index (χ3n) is 6.85. The normalized spacial score (nSPS) is 18.8. The third-order valence-corrected chi connectivity index (χ3v) is 6.85. The van der Waals surface area contributed by atoms with E-state index in [1.165, 1.54) is 4.90 Å². The Morgan fingerprint density at radius 2 is 1.69 bits per heavy atom. The van der Waals surface area contributed by atoms with Crippen LogP contribution in [0.1, 0.15) is 49.1 Å². The topological polar surface area (TPSA) is 76.1 Å². The Hall–Kier alpha value is -4.06. The Labute approximate surface area is 210 Å². The van der Waals surface area contributed by atoms with Crippen molar-refractivity contribution < 1.29 is 24.2 Å². The fourth-order valence-corrected chi connectivity index (χ4v) is 4.81. The molecule has 0 saturated carbocycles. The van der Waals surface area contributed by atoms with E-state index in [0.717, 1.165) is 28.9 Å². The number of ketones is 1. The van der Waals surface area contributed by atoms with Crippen LogP contribution >= 0.6 is 0 Å². The van der Waals surface area contributed by atoms with Gasteiger partial charge >= 0.3 is 0 Å². The fraction of sp³-hybridized carbons (Fsp3) is 0.267. The summed E-state index contributed by atoms with van der Waals surface area (Å²) in [6.45, 7) is 6.97. The summed E-state index contributed by atoms with van der Waals surface area (Å²) >= 11 is 0. The predicted molar refractivity (Wildman–Crippen MR) is 139 cm³/mol. The molecule has 0 aliphatic carbocycles. The van der Waals surface area contributed by atoms with Gasteiger partial charge in [-0.2, -0.15) is 0 Å². The van der Waals surface area contributed by atoms with Crippen LogP contribution in [-0.4, -0.2) is 30.5 Å². The Balaban J connectivity index is 1.67. The van der Waals surface area contributed by atoms with Crippen molar-refractivity contribution in [3.63, 3.8) is 0 Å². The molecular formula is C30H29NO5. The number of rotatable bonds is 4. The van der Waals surface area contributed by atoms with Crippen molar-refractivity contribution in [2.75, 3.05) is 18.6 Å². The van der Waals surface area contributed by atoms with Crippen molar-refractivity contribution >= 4 is 23.1 Å². The molecular weight excluding hydrogens is 454 g/mol. The fourth-order valence-electron chi connectivity index (χ4n) is 4.81. The van der Waals surface area contributed by atoms with E-state index in [-0.39, 0.29) is 16.7 Å². The largest absolute Gasteiger partial charge is 0.507 e. The maximum atomic E-state index is 13.4. The van der Waals surface area contributed by atoms with Crippen LogP contribution in [0, 0.1) is 0 Å². The Bertz CT molecular complexity index is 1360. The number of aliphatic hydroxyl groups is 1. The quantitative estimate of drug-likeness (QED) is 0.299. The highest BCUT2D eigenvalue weighted by atomic mass is 16.5. The van der Waals surface area contributed by atoms with E-state index in [0.29, 0.717) is 23.6 Å². The molecule has 6 heteroatoms. The van der Waals surface area contributed by atoms with Crippen molar-refractivity contribution in [3.05, 3.63) is 94.6 Å². The molecule has 5 rings (SSSR count). The number of benzene rings is 3. The number of nitrogens with zero attached hydrogens (tertiary/aromatic N) is 1. The summed E-state index contributed by atoms with van der Waals surface area (Å²) < 4.78 is 10.8. The lowest BCUT2D eigenvalue weighted by atomic mass is 9.85. The van der Waals surface area contributed by atoms with Crippen LogP contribution in [0.5, 0.6) is 11.5 Å². The van der Waals surface area contributed by atoms with Crippen molar-refractivity contribution in [3.8, 4) is 11.5 Å². The van der Waals surface area contributed by atoms with E-state index in [1.54, 1.807) is 43.5 Å². The molecule has 0 aromatic heterocycles. The Kier molecular flexibility index (Phi) is 5.83. The van der Waals surface area contributed by atoms with Gasteiger partial charge in [-0.3, -0.25) is 14.5 Å². The van der Waals surface area contributed by atoms with Crippen LogP contribution in [0.2, 0.25) is 0 Å². The van der Waals surface area contributed by atoms with E-state index in [4.69, 9.17) is 9.47 Å². The van der Waals surface area contributed by atoms with Crippen molar-refractivity contribution in [1.29, 1.82) is 0 Å². The van der Waals surface area contributed by atoms with Gasteiger partial charge in [0.1, 0.15) is 17.3 Å². The molecule has 0 spiro atoms. The molecule has 36 heavy (non-hydrogen) atoms. The van der Waals surface area contributed by atoms with E-state index < -0.39 is 17.7 Å². The standard InChI is InChI=1S/C30H29NO5/c1-30(2,3)21-8-5-18(6-9-21)26-25(27(32)20-7-14-24-19(17-20)15-16-36-24)28(33)29(34)31(26)22-10-12-23(35-4)13-11-22/h5-14,17,26,32H,15-16H2,1-4H3/b27-25-. The first kappa shape index (κ1) is 23.7. The lowest BCUT2D eigenvalue weighted by Crippen LogP contribution is -2.29. The maximum absolute atomic E-state index is 13.4. The van der Waals surface area contributed by atoms with Crippen molar-refractivity contribution in [2.45, 2.75) is 38.6 Å². The van der Waals surface area contributed by atoms with Gasteiger partial charge in [-0.1, -0.05) is 45.0 Å². The van der Waals surface area contributed by atoms with Crippen LogP contribution in [0.15, 0.2) is 72.3 Å². The molecule has 1 amide bonds. The van der Waals surface area contributed by atoms with Crippen LogP contribution in [0.3, 0.4) is 0 Å². The summed E-state index contributed by atoms with van der Waals surface area (Å²) in [5, 5.41) is 11.4. The van der Waals surface area contributed by atoms with Gasteiger partial charge in [0.2, 0.25) is 0 Å². The van der Waals surface area contributed by atoms with Crippen LogP contribution < -0.4 is 14.4 Å². The minimum Gasteiger partial charge on any atom is -0.507 e. The molecule has 1 fully saturated rings. The predicted octanol–water partition coefficient (Wildman–Crippen LogP) is 5.55.